The fraction of sp³-hybridized carbons (Fsp3) is 0.833. The van der Waals surface area contributed by atoms with Crippen molar-refractivity contribution in [1.29, 1.82) is 0 Å². The third kappa shape index (κ3) is 1.68. The lowest BCUT2D eigenvalue weighted by atomic mass is 9.88. The van der Waals surface area contributed by atoms with E-state index in [0.717, 1.165) is 6.92 Å². The number of aliphatic carboxylic acids is 1. The van der Waals surface area contributed by atoms with Crippen LogP contribution in [0.3, 0.4) is 0 Å². The van der Waals surface area contributed by atoms with Gasteiger partial charge in [0.05, 0.1) is 0 Å². The van der Waals surface area contributed by atoms with Crippen molar-refractivity contribution >= 4 is 5.97 Å². The van der Waals surface area contributed by atoms with Crippen molar-refractivity contribution in [2.24, 2.45) is 0 Å². The molecule has 0 aliphatic carbocycles. The van der Waals surface area contributed by atoms with Gasteiger partial charge in [0.2, 0.25) is 5.60 Å². The van der Waals surface area contributed by atoms with Crippen LogP contribution in [0.2, 0.25) is 0 Å². The molecule has 1 atom stereocenters. The predicted octanol–water partition coefficient (Wildman–Crippen LogP) is 0.0902. The van der Waals surface area contributed by atoms with Gasteiger partial charge in [-0.3, -0.25) is 5.26 Å². The van der Waals surface area contributed by atoms with Crippen LogP contribution >= 0.6 is 0 Å². The molecule has 3 N–H and O–H groups in total. The molecule has 0 saturated carbocycles. The van der Waals surface area contributed by atoms with Gasteiger partial charge >= 0.3 is 5.97 Å². The highest BCUT2D eigenvalue weighted by Crippen LogP contribution is 2.24. The van der Waals surface area contributed by atoms with Gasteiger partial charge in [-0.1, -0.05) is 0 Å². The third-order valence-electron chi connectivity index (χ3n) is 1.76. The summed E-state index contributed by atoms with van der Waals surface area (Å²) in [5, 5.41) is 26.0. The molecule has 0 aromatic heterocycles. The maximum Gasteiger partial charge on any atom is 0.342 e. The molecule has 0 aliphatic rings. The summed E-state index contributed by atoms with van der Waals surface area (Å²) >= 11 is 0. The maximum absolute atomic E-state index is 10.5. The van der Waals surface area contributed by atoms with Gasteiger partial charge in [0.1, 0.15) is 5.60 Å². The highest BCUT2D eigenvalue weighted by Gasteiger charge is 2.49. The molecule has 0 aromatic carbocycles. The Morgan fingerprint density at radius 1 is 1.36 bits per heavy atom. The van der Waals surface area contributed by atoms with Gasteiger partial charge in [0.15, 0.2) is 0 Å². The molecule has 0 spiro atoms. The third-order valence-corrected chi connectivity index (χ3v) is 1.76. The highest BCUT2D eigenvalue weighted by atomic mass is 17.1. The second-order valence-electron chi connectivity index (χ2n) is 2.99. The first-order chi connectivity index (χ1) is 4.75. The zero-order valence-electron chi connectivity index (χ0n) is 6.66. The van der Waals surface area contributed by atoms with Crippen LogP contribution in [-0.2, 0) is 9.68 Å². The SMILES string of the molecule is CC(C)(O)C(C)(OO)C(=O)O. The van der Waals surface area contributed by atoms with Gasteiger partial charge in [0.25, 0.3) is 0 Å². The van der Waals surface area contributed by atoms with Crippen molar-refractivity contribution in [3.8, 4) is 0 Å². The van der Waals surface area contributed by atoms with Crippen LogP contribution < -0.4 is 0 Å². The van der Waals surface area contributed by atoms with E-state index in [0.29, 0.717) is 0 Å². The average molecular weight is 164 g/mol. The van der Waals surface area contributed by atoms with Gasteiger partial charge in [-0.15, -0.1) is 0 Å². The molecule has 5 heteroatoms. The molecule has 66 valence electrons. The van der Waals surface area contributed by atoms with Crippen LogP contribution in [0.1, 0.15) is 20.8 Å². The Balaban J connectivity index is 4.75. The molecule has 0 saturated heterocycles. The molecular formula is C6H12O5. The Kier molecular flexibility index (Phi) is 2.60. The normalized spacial score (nSPS) is 17.5. The van der Waals surface area contributed by atoms with Crippen LogP contribution in [0.25, 0.3) is 0 Å². The molecule has 0 radical (unpaired) electrons. The fourth-order valence-electron chi connectivity index (χ4n) is 0.412. The lowest BCUT2D eigenvalue weighted by molar-refractivity contribution is -0.344. The predicted molar refractivity (Wildman–Crippen MR) is 36.1 cm³/mol. The lowest BCUT2D eigenvalue weighted by Crippen LogP contribution is -2.55. The number of carboxylic acids is 1. The van der Waals surface area contributed by atoms with E-state index in [1.807, 2.05) is 0 Å². The largest absolute Gasteiger partial charge is 0.479 e. The van der Waals surface area contributed by atoms with Crippen LogP contribution in [0.15, 0.2) is 0 Å². The number of carboxylic acid groups (broad SMARTS) is 1. The molecule has 0 amide bonds. The fourth-order valence-corrected chi connectivity index (χ4v) is 0.412. The van der Waals surface area contributed by atoms with Crippen LogP contribution in [0.5, 0.6) is 0 Å². The minimum atomic E-state index is -1.99. The first-order valence-electron chi connectivity index (χ1n) is 3.04. The summed E-state index contributed by atoms with van der Waals surface area (Å²) in [4.78, 5) is 14.2. The van der Waals surface area contributed by atoms with Crippen LogP contribution in [-0.4, -0.2) is 32.6 Å². The van der Waals surface area contributed by atoms with E-state index >= 15 is 0 Å². The highest BCUT2D eigenvalue weighted by molar-refractivity contribution is 5.78. The second kappa shape index (κ2) is 2.77. The zero-order valence-corrected chi connectivity index (χ0v) is 6.66. The summed E-state index contributed by atoms with van der Waals surface area (Å²) in [6.07, 6.45) is 0. The number of rotatable bonds is 3. The minimum Gasteiger partial charge on any atom is -0.479 e. The van der Waals surface area contributed by atoms with Crippen LogP contribution in [0, 0.1) is 0 Å². The van der Waals surface area contributed by atoms with E-state index < -0.39 is 17.2 Å². The number of hydrogen-bond donors (Lipinski definition) is 3. The van der Waals surface area contributed by atoms with E-state index in [4.69, 9.17) is 10.4 Å². The smallest absolute Gasteiger partial charge is 0.342 e. The summed E-state index contributed by atoms with van der Waals surface area (Å²) in [5.41, 5.74) is -3.64. The van der Waals surface area contributed by atoms with Crippen LogP contribution in [0.4, 0.5) is 0 Å². The number of carbonyl (C=O) groups is 1. The molecule has 1 unspecified atom stereocenters. The molecule has 0 rings (SSSR count). The van der Waals surface area contributed by atoms with Crippen molar-refractivity contribution in [3.63, 3.8) is 0 Å². The first kappa shape index (κ1) is 10.3. The molecular weight excluding hydrogens is 152 g/mol. The van der Waals surface area contributed by atoms with E-state index in [1.165, 1.54) is 13.8 Å². The maximum atomic E-state index is 10.5. The van der Waals surface area contributed by atoms with Crippen molar-refractivity contribution < 1.29 is 25.2 Å². The average Bonchev–Trinajstić information content (AvgIpc) is 1.83. The topological polar surface area (TPSA) is 87.0 Å². The molecule has 0 heterocycles. The number of hydrogen-bond acceptors (Lipinski definition) is 4. The number of aliphatic hydroxyl groups is 1. The van der Waals surface area contributed by atoms with Gasteiger partial charge in [-0.25, -0.2) is 9.68 Å². The summed E-state index contributed by atoms with van der Waals surface area (Å²) in [6, 6.07) is 0. The van der Waals surface area contributed by atoms with E-state index in [9.17, 15) is 9.90 Å². The Morgan fingerprint density at radius 3 is 1.73 bits per heavy atom. The summed E-state index contributed by atoms with van der Waals surface area (Å²) < 4.78 is 0. The first-order valence-corrected chi connectivity index (χ1v) is 3.04. The van der Waals surface area contributed by atoms with Gasteiger partial charge in [-0.2, -0.15) is 0 Å². The quantitative estimate of drug-likeness (QED) is 0.406. The van der Waals surface area contributed by atoms with Gasteiger partial charge in [0, 0.05) is 0 Å². The second-order valence-corrected chi connectivity index (χ2v) is 2.99. The molecule has 0 aromatic rings. The Bertz CT molecular complexity index is 159. The van der Waals surface area contributed by atoms with Crippen molar-refractivity contribution in [3.05, 3.63) is 0 Å². The molecule has 5 nitrogen and oxygen atoms in total. The summed E-state index contributed by atoms with van der Waals surface area (Å²) in [7, 11) is 0. The molecule has 0 bridgehead atoms. The van der Waals surface area contributed by atoms with Crippen molar-refractivity contribution in [1.82, 2.24) is 0 Å². The van der Waals surface area contributed by atoms with Gasteiger partial charge < -0.3 is 10.2 Å². The van der Waals surface area contributed by atoms with Crippen molar-refractivity contribution in [2.45, 2.75) is 32.0 Å². The molecule has 11 heavy (non-hydrogen) atoms. The monoisotopic (exact) mass is 164 g/mol. The standard InChI is InChI=1S/C6H12O5/c1-5(2,9)6(3,11-10)4(7)8/h9-10H,1-3H3,(H,7,8). The molecule has 0 fully saturated rings. The Morgan fingerprint density at radius 2 is 1.73 bits per heavy atom. The van der Waals surface area contributed by atoms with E-state index in [1.54, 1.807) is 0 Å². The minimum absolute atomic E-state index is 1.08. The Labute approximate surface area is 64.2 Å². The summed E-state index contributed by atoms with van der Waals surface area (Å²) in [5.74, 6) is -1.42. The van der Waals surface area contributed by atoms with Crippen molar-refractivity contribution in [2.75, 3.05) is 0 Å². The Hall–Kier alpha value is -0.650. The zero-order chi connectivity index (χ0) is 9.28. The summed E-state index contributed by atoms with van der Waals surface area (Å²) in [6.45, 7) is 3.55. The molecule has 0 aliphatic heterocycles. The van der Waals surface area contributed by atoms with E-state index in [2.05, 4.69) is 4.89 Å². The van der Waals surface area contributed by atoms with Gasteiger partial charge in [-0.05, 0) is 20.8 Å². The van der Waals surface area contributed by atoms with E-state index in [-0.39, 0.29) is 0 Å². The lowest BCUT2D eigenvalue weighted by Gasteiger charge is -2.32.